The molecule has 0 saturated carbocycles. The number of carbonyl (C=O) groups excluding carboxylic acids is 1. The second-order valence-electron chi connectivity index (χ2n) is 4.30. The first-order chi connectivity index (χ1) is 9.00. The molecule has 0 fully saturated rings. The molecular formula is C15H13BrFNO. The van der Waals surface area contributed by atoms with Crippen molar-refractivity contribution in [1.29, 1.82) is 0 Å². The average molecular weight is 322 g/mol. The van der Waals surface area contributed by atoms with Gasteiger partial charge in [0.05, 0.1) is 5.56 Å². The number of hydrogen-bond donors (Lipinski definition) is 1. The fraction of sp³-hybridized carbons (Fsp3) is 0.133. The maximum absolute atomic E-state index is 13.7. The van der Waals surface area contributed by atoms with Crippen LogP contribution in [0.5, 0.6) is 0 Å². The molecule has 2 aromatic rings. The van der Waals surface area contributed by atoms with E-state index in [0.717, 1.165) is 11.1 Å². The molecule has 0 aliphatic heterocycles. The van der Waals surface area contributed by atoms with Crippen LogP contribution in [0.4, 0.5) is 10.1 Å². The Hall–Kier alpha value is -1.68. The van der Waals surface area contributed by atoms with Crippen LogP contribution < -0.4 is 5.32 Å². The van der Waals surface area contributed by atoms with Gasteiger partial charge in [-0.15, -0.1) is 0 Å². The molecule has 0 aromatic heterocycles. The average Bonchev–Trinajstić information content (AvgIpc) is 2.35. The highest BCUT2D eigenvalue weighted by Crippen LogP contribution is 2.23. The van der Waals surface area contributed by atoms with Gasteiger partial charge in [-0.3, -0.25) is 4.79 Å². The molecule has 0 saturated heterocycles. The number of hydrogen-bond acceptors (Lipinski definition) is 1. The predicted octanol–water partition coefficient (Wildman–Crippen LogP) is 4.46. The van der Waals surface area contributed by atoms with Crippen molar-refractivity contribution in [2.24, 2.45) is 0 Å². The largest absolute Gasteiger partial charge is 0.322 e. The third-order valence-corrected chi connectivity index (χ3v) is 3.70. The Morgan fingerprint density at radius 3 is 2.53 bits per heavy atom. The van der Waals surface area contributed by atoms with Crippen molar-refractivity contribution in [1.82, 2.24) is 0 Å². The van der Waals surface area contributed by atoms with E-state index in [4.69, 9.17) is 0 Å². The van der Waals surface area contributed by atoms with Crippen LogP contribution in [0.1, 0.15) is 21.5 Å². The van der Waals surface area contributed by atoms with E-state index in [2.05, 4.69) is 21.2 Å². The molecule has 0 unspecified atom stereocenters. The Bertz CT molecular complexity index is 620. The summed E-state index contributed by atoms with van der Waals surface area (Å²) in [7, 11) is 0. The third-order valence-electron chi connectivity index (χ3n) is 3.04. The molecule has 2 rings (SSSR count). The predicted molar refractivity (Wildman–Crippen MR) is 78.0 cm³/mol. The molecule has 4 heteroatoms. The van der Waals surface area contributed by atoms with Gasteiger partial charge in [-0.2, -0.15) is 0 Å². The smallest absolute Gasteiger partial charge is 0.259 e. The number of halogens is 2. The summed E-state index contributed by atoms with van der Waals surface area (Å²) in [6, 6.07) is 10.1. The molecule has 0 radical (unpaired) electrons. The van der Waals surface area contributed by atoms with Gasteiger partial charge in [0.2, 0.25) is 0 Å². The Morgan fingerprint density at radius 1 is 1.16 bits per heavy atom. The van der Waals surface area contributed by atoms with Crippen LogP contribution in [-0.4, -0.2) is 5.91 Å². The van der Waals surface area contributed by atoms with Gasteiger partial charge in [-0.05, 0) is 59.1 Å². The first-order valence-electron chi connectivity index (χ1n) is 5.82. The highest BCUT2D eigenvalue weighted by atomic mass is 79.9. The second kappa shape index (κ2) is 5.53. The normalized spacial score (nSPS) is 10.3. The van der Waals surface area contributed by atoms with Crippen LogP contribution in [0, 0.1) is 19.7 Å². The molecule has 0 bridgehead atoms. The number of nitrogens with one attached hydrogen (secondary N) is 1. The van der Waals surface area contributed by atoms with E-state index in [1.54, 1.807) is 18.2 Å². The summed E-state index contributed by atoms with van der Waals surface area (Å²) in [5.41, 5.74) is 2.76. The molecular weight excluding hydrogens is 309 g/mol. The molecule has 2 aromatic carbocycles. The maximum Gasteiger partial charge on any atom is 0.259 e. The second-order valence-corrected chi connectivity index (χ2v) is 5.15. The van der Waals surface area contributed by atoms with E-state index in [1.807, 2.05) is 26.0 Å². The van der Waals surface area contributed by atoms with Gasteiger partial charge in [-0.25, -0.2) is 4.39 Å². The summed E-state index contributed by atoms with van der Waals surface area (Å²) in [5.74, 6) is -1.00. The van der Waals surface area contributed by atoms with Gasteiger partial charge >= 0.3 is 0 Å². The van der Waals surface area contributed by atoms with Crippen LogP contribution in [-0.2, 0) is 0 Å². The number of rotatable bonds is 2. The van der Waals surface area contributed by atoms with Crippen molar-refractivity contribution < 1.29 is 9.18 Å². The lowest BCUT2D eigenvalue weighted by Gasteiger charge is -2.11. The van der Waals surface area contributed by atoms with Gasteiger partial charge in [0, 0.05) is 10.2 Å². The zero-order valence-electron chi connectivity index (χ0n) is 10.6. The molecule has 1 amide bonds. The molecule has 0 spiro atoms. The molecule has 0 heterocycles. The first-order valence-corrected chi connectivity index (χ1v) is 6.61. The summed E-state index contributed by atoms with van der Waals surface area (Å²) < 4.78 is 14.1. The lowest BCUT2D eigenvalue weighted by Crippen LogP contribution is -2.15. The number of carbonyl (C=O) groups is 1. The van der Waals surface area contributed by atoms with Gasteiger partial charge in [0.25, 0.3) is 5.91 Å². The van der Waals surface area contributed by atoms with E-state index >= 15 is 0 Å². The van der Waals surface area contributed by atoms with Crippen LogP contribution in [0.3, 0.4) is 0 Å². The van der Waals surface area contributed by atoms with Crippen LogP contribution in [0.2, 0.25) is 0 Å². The lowest BCUT2D eigenvalue weighted by molar-refractivity contribution is 0.102. The number of anilines is 1. The minimum absolute atomic E-state index is 0.0170. The van der Waals surface area contributed by atoms with Crippen molar-refractivity contribution in [2.75, 3.05) is 5.32 Å². The highest BCUT2D eigenvalue weighted by Gasteiger charge is 2.16. The molecule has 19 heavy (non-hydrogen) atoms. The topological polar surface area (TPSA) is 29.1 Å². The van der Waals surface area contributed by atoms with Crippen molar-refractivity contribution in [3.05, 3.63) is 63.4 Å². The number of aryl methyl sites for hydroxylation is 1. The number of amides is 1. The maximum atomic E-state index is 13.7. The minimum Gasteiger partial charge on any atom is -0.322 e. The molecule has 1 N–H and O–H groups in total. The van der Waals surface area contributed by atoms with Crippen molar-refractivity contribution in [2.45, 2.75) is 13.8 Å². The van der Waals surface area contributed by atoms with Crippen molar-refractivity contribution >= 4 is 27.5 Å². The van der Waals surface area contributed by atoms with E-state index in [0.29, 0.717) is 10.2 Å². The zero-order valence-corrected chi connectivity index (χ0v) is 12.2. The monoisotopic (exact) mass is 321 g/mol. The summed E-state index contributed by atoms with van der Waals surface area (Å²) in [5, 5.41) is 2.74. The SMILES string of the molecule is Cc1cccc(NC(=O)c2c(F)cccc2Br)c1C. The Balaban J connectivity index is 2.34. The third kappa shape index (κ3) is 2.84. The molecule has 0 atom stereocenters. The summed E-state index contributed by atoms with van der Waals surface area (Å²) >= 11 is 3.19. The van der Waals surface area contributed by atoms with E-state index in [9.17, 15) is 9.18 Å². The van der Waals surface area contributed by atoms with E-state index < -0.39 is 11.7 Å². The Kier molecular flexibility index (Phi) is 4.00. The van der Waals surface area contributed by atoms with Crippen LogP contribution >= 0.6 is 15.9 Å². The van der Waals surface area contributed by atoms with Crippen molar-refractivity contribution in [3.8, 4) is 0 Å². The van der Waals surface area contributed by atoms with E-state index in [-0.39, 0.29) is 5.56 Å². The van der Waals surface area contributed by atoms with E-state index in [1.165, 1.54) is 6.07 Å². The van der Waals surface area contributed by atoms with Crippen LogP contribution in [0.15, 0.2) is 40.9 Å². The fourth-order valence-corrected chi connectivity index (χ4v) is 2.31. The van der Waals surface area contributed by atoms with Gasteiger partial charge in [-0.1, -0.05) is 18.2 Å². The minimum atomic E-state index is -0.544. The number of benzene rings is 2. The molecule has 0 aliphatic rings. The lowest BCUT2D eigenvalue weighted by atomic mass is 10.1. The quantitative estimate of drug-likeness (QED) is 0.869. The summed E-state index contributed by atoms with van der Waals surface area (Å²) in [6.07, 6.45) is 0. The highest BCUT2D eigenvalue weighted by molar-refractivity contribution is 9.10. The van der Waals surface area contributed by atoms with Gasteiger partial charge in [0.15, 0.2) is 0 Å². The van der Waals surface area contributed by atoms with Crippen molar-refractivity contribution in [3.63, 3.8) is 0 Å². The molecule has 0 aliphatic carbocycles. The first kappa shape index (κ1) is 13.7. The fourth-order valence-electron chi connectivity index (χ4n) is 1.79. The summed E-state index contributed by atoms with van der Waals surface area (Å²) in [6.45, 7) is 3.88. The Labute approximate surface area is 119 Å². The van der Waals surface area contributed by atoms with Gasteiger partial charge in [0.1, 0.15) is 5.82 Å². The molecule has 98 valence electrons. The van der Waals surface area contributed by atoms with Crippen LogP contribution in [0.25, 0.3) is 0 Å². The zero-order chi connectivity index (χ0) is 14.0. The Morgan fingerprint density at radius 2 is 1.84 bits per heavy atom. The standard InChI is InChI=1S/C15H13BrFNO/c1-9-5-3-8-13(10(9)2)18-15(19)14-11(16)6-4-7-12(14)17/h3-8H,1-2H3,(H,18,19). The molecule has 2 nitrogen and oxygen atoms in total. The van der Waals surface area contributed by atoms with Gasteiger partial charge < -0.3 is 5.32 Å². The summed E-state index contributed by atoms with van der Waals surface area (Å²) in [4.78, 5) is 12.1.